The Morgan fingerprint density at radius 1 is 1.38 bits per heavy atom. The van der Waals surface area contributed by atoms with E-state index in [-0.39, 0.29) is 6.04 Å². The molecule has 0 amide bonds. The summed E-state index contributed by atoms with van der Waals surface area (Å²) < 4.78 is 10.8. The van der Waals surface area contributed by atoms with Crippen molar-refractivity contribution >= 4 is 0 Å². The van der Waals surface area contributed by atoms with Crippen LogP contribution in [-0.4, -0.2) is 45.4 Å². The third kappa shape index (κ3) is 4.19. The van der Waals surface area contributed by atoms with Crippen LogP contribution in [-0.2, 0) is 4.74 Å². The van der Waals surface area contributed by atoms with Gasteiger partial charge in [0.25, 0.3) is 0 Å². The highest BCUT2D eigenvalue weighted by Crippen LogP contribution is 2.26. The van der Waals surface area contributed by atoms with Crippen LogP contribution in [0.2, 0.25) is 0 Å². The SMILES string of the molecule is COc1ccc(C(CN)N(C)CC2CCOCC2)cc1C. The van der Waals surface area contributed by atoms with Gasteiger partial charge in [0.05, 0.1) is 7.11 Å². The highest BCUT2D eigenvalue weighted by atomic mass is 16.5. The number of nitrogens with two attached hydrogens (primary N) is 1. The molecule has 21 heavy (non-hydrogen) atoms. The molecular weight excluding hydrogens is 264 g/mol. The zero-order valence-corrected chi connectivity index (χ0v) is 13.5. The molecule has 118 valence electrons. The van der Waals surface area contributed by atoms with Gasteiger partial charge in [-0.05, 0) is 49.9 Å². The third-order valence-electron chi connectivity index (χ3n) is 4.45. The second kappa shape index (κ2) is 7.78. The molecule has 0 spiro atoms. The van der Waals surface area contributed by atoms with Crippen LogP contribution in [0, 0.1) is 12.8 Å². The summed E-state index contributed by atoms with van der Waals surface area (Å²) in [5.41, 5.74) is 8.46. The molecule has 0 radical (unpaired) electrons. The topological polar surface area (TPSA) is 47.7 Å². The van der Waals surface area contributed by atoms with Crippen molar-refractivity contribution in [3.05, 3.63) is 29.3 Å². The number of ether oxygens (including phenoxy) is 2. The highest BCUT2D eigenvalue weighted by molar-refractivity contribution is 5.37. The largest absolute Gasteiger partial charge is 0.496 e. The molecule has 2 N–H and O–H groups in total. The van der Waals surface area contributed by atoms with Gasteiger partial charge in [0.2, 0.25) is 0 Å². The molecule has 4 nitrogen and oxygen atoms in total. The Morgan fingerprint density at radius 3 is 2.67 bits per heavy atom. The number of hydrogen-bond acceptors (Lipinski definition) is 4. The lowest BCUT2D eigenvalue weighted by molar-refractivity contribution is 0.0507. The maximum atomic E-state index is 6.03. The number of aryl methyl sites for hydroxylation is 1. The summed E-state index contributed by atoms with van der Waals surface area (Å²) in [6.07, 6.45) is 2.31. The minimum atomic E-state index is 0.262. The molecule has 1 aliphatic rings. The minimum absolute atomic E-state index is 0.262. The molecule has 1 fully saturated rings. The van der Waals surface area contributed by atoms with Crippen molar-refractivity contribution in [2.24, 2.45) is 11.7 Å². The fourth-order valence-electron chi connectivity index (χ4n) is 3.14. The minimum Gasteiger partial charge on any atom is -0.496 e. The van der Waals surface area contributed by atoms with E-state index in [1.807, 2.05) is 6.07 Å². The molecule has 0 saturated carbocycles. The van der Waals surface area contributed by atoms with Crippen molar-refractivity contribution in [1.82, 2.24) is 4.90 Å². The number of rotatable bonds is 6. The molecule has 0 aromatic heterocycles. The van der Waals surface area contributed by atoms with Crippen LogP contribution >= 0.6 is 0 Å². The van der Waals surface area contributed by atoms with E-state index in [4.69, 9.17) is 15.2 Å². The fraction of sp³-hybridized carbons (Fsp3) is 0.647. The normalized spacial score (nSPS) is 18.0. The summed E-state index contributed by atoms with van der Waals surface area (Å²) in [6.45, 7) is 5.58. The monoisotopic (exact) mass is 292 g/mol. The van der Waals surface area contributed by atoms with Crippen LogP contribution in [0.25, 0.3) is 0 Å². The Labute approximate surface area is 128 Å². The first-order valence-corrected chi connectivity index (χ1v) is 7.78. The van der Waals surface area contributed by atoms with Gasteiger partial charge in [0.1, 0.15) is 5.75 Å². The molecular formula is C17H28N2O2. The number of methoxy groups -OCH3 is 1. The lowest BCUT2D eigenvalue weighted by atomic mass is 9.97. The molecule has 1 heterocycles. The molecule has 1 aliphatic heterocycles. The maximum absolute atomic E-state index is 6.03. The molecule has 1 aromatic rings. The third-order valence-corrected chi connectivity index (χ3v) is 4.45. The first-order chi connectivity index (χ1) is 10.2. The van der Waals surface area contributed by atoms with E-state index < -0.39 is 0 Å². The highest BCUT2D eigenvalue weighted by Gasteiger charge is 2.21. The smallest absolute Gasteiger partial charge is 0.121 e. The number of benzene rings is 1. The van der Waals surface area contributed by atoms with Gasteiger partial charge in [-0.25, -0.2) is 0 Å². The van der Waals surface area contributed by atoms with E-state index in [9.17, 15) is 0 Å². The van der Waals surface area contributed by atoms with E-state index in [0.29, 0.717) is 6.54 Å². The molecule has 1 aromatic carbocycles. The van der Waals surface area contributed by atoms with Gasteiger partial charge < -0.3 is 15.2 Å². The molecule has 1 saturated heterocycles. The van der Waals surface area contributed by atoms with Crippen LogP contribution in [0.3, 0.4) is 0 Å². The van der Waals surface area contributed by atoms with E-state index in [0.717, 1.165) is 49.8 Å². The summed E-state index contributed by atoms with van der Waals surface area (Å²) in [7, 11) is 3.88. The molecule has 0 aliphatic carbocycles. The lowest BCUT2D eigenvalue weighted by Gasteiger charge is -2.32. The van der Waals surface area contributed by atoms with Crippen LogP contribution in [0.4, 0.5) is 0 Å². The van der Waals surface area contributed by atoms with E-state index in [1.165, 1.54) is 5.56 Å². The Balaban J connectivity index is 2.05. The Morgan fingerprint density at radius 2 is 2.10 bits per heavy atom. The Hall–Kier alpha value is -1.10. The first-order valence-electron chi connectivity index (χ1n) is 7.78. The molecule has 4 heteroatoms. The van der Waals surface area contributed by atoms with Crippen LogP contribution < -0.4 is 10.5 Å². The average molecular weight is 292 g/mol. The fourth-order valence-corrected chi connectivity index (χ4v) is 3.14. The summed E-state index contributed by atoms with van der Waals surface area (Å²) in [4.78, 5) is 2.39. The molecule has 2 rings (SSSR count). The van der Waals surface area contributed by atoms with Gasteiger partial charge in [-0.2, -0.15) is 0 Å². The summed E-state index contributed by atoms with van der Waals surface area (Å²) in [5.74, 6) is 1.65. The van der Waals surface area contributed by atoms with Crippen molar-refractivity contribution in [1.29, 1.82) is 0 Å². The van der Waals surface area contributed by atoms with Crippen molar-refractivity contribution in [3.8, 4) is 5.75 Å². The number of hydrogen-bond donors (Lipinski definition) is 1. The zero-order valence-electron chi connectivity index (χ0n) is 13.5. The van der Waals surface area contributed by atoms with E-state index >= 15 is 0 Å². The van der Waals surface area contributed by atoms with Crippen LogP contribution in [0.15, 0.2) is 18.2 Å². The van der Waals surface area contributed by atoms with Crippen molar-refractivity contribution in [3.63, 3.8) is 0 Å². The lowest BCUT2D eigenvalue weighted by Crippen LogP contribution is -2.36. The summed E-state index contributed by atoms with van der Waals surface area (Å²) >= 11 is 0. The Bertz CT molecular complexity index is 444. The predicted octanol–water partition coefficient (Wildman–Crippen LogP) is 2.36. The van der Waals surface area contributed by atoms with Gasteiger partial charge in [-0.3, -0.25) is 4.90 Å². The predicted molar refractivity (Wildman–Crippen MR) is 85.7 cm³/mol. The number of likely N-dealkylation sites (N-methyl/N-ethyl adjacent to an activating group) is 1. The van der Waals surface area contributed by atoms with Crippen molar-refractivity contribution in [2.45, 2.75) is 25.8 Å². The van der Waals surface area contributed by atoms with Crippen molar-refractivity contribution < 1.29 is 9.47 Å². The Kier molecular flexibility index (Phi) is 6.03. The van der Waals surface area contributed by atoms with Gasteiger partial charge >= 0.3 is 0 Å². The van der Waals surface area contributed by atoms with Gasteiger partial charge in [0, 0.05) is 32.3 Å². The molecule has 1 atom stereocenters. The van der Waals surface area contributed by atoms with E-state index in [1.54, 1.807) is 7.11 Å². The van der Waals surface area contributed by atoms with E-state index in [2.05, 4.69) is 31.0 Å². The molecule has 1 unspecified atom stereocenters. The van der Waals surface area contributed by atoms with Crippen LogP contribution in [0.5, 0.6) is 5.75 Å². The summed E-state index contributed by atoms with van der Waals surface area (Å²) in [5, 5.41) is 0. The van der Waals surface area contributed by atoms with Crippen molar-refractivity contribution in [2.75, 3.05) is 40.5 Å². The second-order valence-corrected chi connectivity index (χ2v) is 5.98. The quantitative estimate of drug-likeness (QED) is 0.874. The van der Waals surface area contributed by atoms with Gasteiger partial charge in [-0.15, -0.1) is 0 Å². The summed E-state index contributed by atoms with van der Waals surface area (Å²) in [6, 6.07) is 6.62. The number of nitrogens with zero attached hydrogens (tertiary/aromatic N) is 1. The zero-order chi connectivity index (χ0) is 15.2. The standard InChI is InChI=1S/C17H28N2O2/c1-13-10-15(4-5-17(13)20-3)16(11-18)19(2)12-14-6-8-21-9-7-14/h4-5,10,14,16H,6-9,11-12,18H2,1-3H3. The van der Waals surface area contributed by atoms with Crippen LogP contribution in [0.1, 0.15) is 30.0 Å². The molecule has 0 bridgehead atoms. The average Bonchev–Trinajstić information content (AvgIpc) is 2.49. The van der Waals surface area contributed by atoms with Gasteiger partial charge in [0.15, 0.2) is 0 Å². The second-order valence-electron chi connectivity index (χ2n) is 5.98. The maximum Gasteiger partial charge on any atom is 0.121 e. The van der Waals surface area contributed by atoms with Gasteiger partial charge in [-0.1, -0.05) is 12.1 Å². The first kappa shape index (κ1) is 16.3.